The Bertz CT molecular complexity index is 444. The third-order valence-corrected chi connectivity index (χ3v) is 7.56. The minimum Gasteiger partial charge on any atom is -0.316 e. The zero-order chi connectivity index (χ0) is 14.5. The van der Waals surface area contributed by atoms with Crippen LogP contribution < -0.4 is 5.32 Å². The molecule has 1 nitrogen and oxygen atoms in total. The van der Waals surface area contributed by atoms with Crippen LogP contribution in [0, 0.1) is 5.82 Å². The second-order valence-corrected chi connectivity index (χ2v) is 7.98. The number of rotatable bonds is 5. The molecule has 1 aromatic carbocycles. The Morgan fingerprint density at radius 2 is 2.15 bits per heavy atom. The van der Waals surface area contributed by atoms with Crippen LogP contribution in [-0.4, -0.2) is 35.1 Å². The molecule has 1 aliphatic heterocycles. The number of likely N-dealkylation sites (N-methyl/N-ethyl adjacent to an activating group) is 1. The Hall–Kier alpha value is 0.1000. The van der Waals surface area contributed by atoms with Crippen LogP contribution in [0.4, 0.5) is 4.39 Å². The normalized spacial score (nSPS) is 24.6. The van der Waals surface area contributed by atoms with Gasteiger partial charge < -0.3 is 5.32 Å². The largest absolute Gasteiger partial charge is 0.316 e. The van der Waals surface area contributed by atoms with Gasteiger partial charge >= 0.3 is 0 Å². The van der Waals surface area contributed by atoms with Crippen LogP contribution in [0.25, 0.3) is 0 Å². The molecule has 112 valence electrons. The molecule has 0 amide bonds. The predicted molar refractivity (Wildman–Crippen MR) is 90.7 cm³/mol. The molecule has 1 saturated heterocycles. The van der Waals surface area contributed by atoms with Crippen molar-refractivity contribution in [3.63, 3.8) is 0 Å². The number of halogens is 2. The average Bonchev–Trinajstić information content (AvgIpc) is 2.49. The Morgan fingerprint density at radius 3 is 2.85 bits per heavy atom. The highest BCUT2D eigenvalue weighted by atomic mass is 35.5. The van der Waals surface area contributed by atoms with Crippen molar-refractivity contribution in [1.82, 2.24) is 5.32 Å². The Kier molecular flexibility index (Phi) is 6.53. The summed E-state index contributed by atoms with van der Waals surface area (Å²) >= 11 is 10.2. The summed E-state index contributed by atoms with van der Waals surface area (Å²) in [5.41, 5.74) is 0.900. The van der Waals surface area contributed by atoms with Crippen LogP contribution in [0.2, 0.25) is 5.02 Å². The van der Waals surface area contributed by atoms with Crippen LogP contribution in [0.5, 0.6) is 0 Å². The maximum atomic E-state index is 13.6. The summed E-state index contributed by atoms with van der Waals surface area (Å²) in [6.45, 7) is 2.25. The number of thioether (sulfide) groups is 2. The first-order valence-corrected chi connectivity index (χ1v) is 9.48. The van der Waals surface area contributed by atoms with Gasteiger partial charge in [-0.2, -0.15) is 23.5 Å². The highest BCUT2D eigenvalue weighted by Crippen LogP contribution is 2.36. The molecular weight excluding hydrogens is 313 g/mol. The third-order valence-electron chi connectivity index (χ3n) is 3.73. The molecule has 5 heteroatoms. The molecule has 1 aromatic rings. The van der Waals surface area contributed by atoms with Gasteiger partial charge in [0.2, 0.25) is 0 Å². The fourth-order valence-electron chi connectivity index (χ4n) is 2.64. The minimum absolute atomic E-state index is 0.272. The van der Waals surface area contributed by atoms with Crippen LogP contribution in [0.3, 0.4) is 0 Å². The minimum atomic E-state index is -0.322. The molecule has 1 aliphatic rings. The van der Waals surface area contributed by atoms with Gasteiger partial charge in [-0.15, -0.1) is 0 Å². The van der Waals surface area contributed by atoms with Gasteiger partial charge in [-0.05, 0) is 31.5 Å². The fourth-order valence-corrected chi connectivity index (χ4v) is 6.14. The summed E-state index contributed by atoms with van der Waals surface area (Å²) in [6, 6.07) is 5.41. The molecule has 3 unspecified atom stereocenters. The standard InChI is InChI=1S/C15H21ClFNS2/c1-3-13-15(20-8-7-19-13)12(18-2)9-10-5-4-6-11(17)14(10)16/h4-6,12-13,15,18H,3,7-9H2,1-2H3. The van der Waals surface area contributed by atoms with E-state index in [1.165, 1.54) is 24.0 Å². The van der Waals surface area contributed by atoms with E-state index in [0.29, 0.717) is 16.5 Å². The van der Waals surface area contributed by atoms with Gasteiger partial charge in [0.1, 0.15) is 5.82 Å². The summed E-state index contributed by atoms with van der Waals surface area (Å²) in [4.78, 5) is 0. The molecule has 20 heavy (non-hydrogen) atoms. The van der Waals surface area contributed by atoms with Crippen LogP contribution in [-0.2, 0) is 6.42 Å². The lowest BCUT2D eigenvalue weighted by Crippen LogP contribution is -2.45. The van der Waals surface area contributed by atoms with Crippen LogP contribution in [0.15, 0.2) is 18.2 Å². The summed E-state index contributed by atoms with van der Waals surface area (Å²) in [5.74, 6) is 2.11. The van der Waals surface area contributed by atoms with E-state index in [0.717, 1.165) is 12.0 Å². The van der Waals surface area contributed by atoms with E-state index in [2.05, 4.69) is 24.0 Å². The van der Waals surface area contributed by atoms with E-state index < -0.39 is 0 Å². The molecule has 0 saturated carbocycles. The molecule has 1 heterocycles. The number of nitrogens with one attached hydrogen (secondary N) is 1. The van der Waals surface area contributed by atoms with E-state index >= 15 is 0 Å². The molecule has 2 rings (SSSR count). The van der Waals surface area contributed by atoms with Crippen molar-refractivity contribution in [1.29, 1.82) is 0 Å². The summed E-state index contributed by atoms with van der Waals surface area (Å²) < 4.78 is 13.6. The molecule has 0 aromatic heterocycles. The zero-order valence-corrected chi connectivity index (χ0v) is 14.3. The van der Waals surface area contributed by atoms with Crippen molar-refractivity contribution in [2.45, 2.75) is 36.3 Å². The smallest absolute Gasteiger partial charge is 0.142 e. The Labute approximate surface area is 134 Å². The van der Waals surface area contributed by atoms with Crippen LogP contribution in [0.1, 0.15) is 18.9 Å². The lowest BCUT2D eigenvalue weighted by Gasteiger charge is -2.36. The summed E-state index contributed by atoms with van der Waals surface area (Å²) in [7, 11) is 1.99. The van der Waals surface area contributed by atoms with Gasteiger partial charge in [-0.25, -0.2) is 4.39 Å². The van der Waals surface area contributed by atoms with Gasteiger partial charge in [-0.1, -0.05) is 30.7 Å². The number of hydrogen-bond acceptors (Lipinski definition) is 3. The highest BCUT2D eigenvalue weighted by Gasteiger charge is 2.31. The number of hydrogen-bond donors (Lipinski definition) is 1. The lowest BCUT2D eigenvalue weighted by molar-refractivity contribution is 0.515. The van der Waals surface area contributed by atoms with Crippen molar-refractivity contribution < 1.29 is 4.39 Å². The van der Waals surface area contributed by atoms with Crippen molar-refractivity contribution in [3.05, 3.63) is 34.6 Å². The van der Waals surface area contributed by atoms with E-state index in [4.69, 9.17) is 11.6 Å². The molecular formula is C15H21ClFNS2. The van der Waals surface area contributed by atoms with E-state index in [1.54, 1.807) is 6.07 Å². The topological polar surface area (TPSA) is 12.0 Å². The Balaban J connectivity index is 2.13. The van der Waals surface area contributed by atoms with Gasteiger partial charge in [0, 0.05) is 28.0 Å². The second kappa shape index (κ2) is 7.92. The van der Waals surface area contributed by atoms with Gasteiger partial charge in [0.05, 0.1) is 5.02 Å². The van der Waals surface area contributed by atoms with Crippen molar-refractivity contribution >= 4 is 35.1 Å². The zero-order valence-electron chi connectivity index (χ0n) is 11.9. The maximum Gasteiger partial charge on any atom is 0.142 e. The molecule has 0 radical (unpaired) electrons. The summed E-state index contributed by atoms with van der Waals surface area (Å²) in [6.07, 6.45) is 1.96. The predicted octanol–water partition coefficient (Wildman–Crippen LogP) is 4.24. The van der Waals surface area contributed by atoms with Gasteiger partial charge in [0.15, 0.2) is 0 Å². The van der Waals surface area contributed by atoms with Gasteiger partial charge in [-0.3, -0.25) is 0 Å². The quantitative estimate of drug-likeness (QED) is 0.865. The Morgan fingerprint density at radius 1 is 1.40 bits per heavy atom. The average molecular weight is 334 g/mol. The second-order valence-electron chi connectivity index (χ2n) is 4.97. The highest BCUT2D eigenvalue weighted by molar-refractivity contribution is 8.07. The maximum absolute atomic E-state index is 13.6. The fraction of sp³-hybridized carbons (Fsp3) is 0.600. The monoisotopic (exact) mass is 333 g/mol. The molecule has 1 fully saturated rings. The van der Waals surface area contributed by atoms with E-state index in [9.17, 15) is 4.39 Å². The molecule has 3 atom stereocenters. The van der Waals surface area contributed by atoms with E-state index in [1.807, 2.05) is 24.9 Å². The van der Waals surface area contributed by atoms with Gasteiger partial charge in [0.25, 0.3) is 0 Å². The van der Waals surface area contributed by atoms with E-state index in [-0.39, 0.29) is 10.8 Å². The SMILES string of the molecule is CCC1SCCSC1C(Cc1cccc(F)c1Cl)NC. The van der Waals surface area contributed by atoms with Crippen LogP contribution >= 0.6 is 35.1 Å². The summed E-state index contributed by atoms with van der Waals surface area (Å²) in [5, 5.41) is 4.91. The van der Waals surface area contributed by atoms with Crippen molar-refractivity contribution in [2.75, 3.05) is 18.6 Å². The molecule has 0 spiro atoms. The molecule has 0 bridgehead atoms. The lowest BCUT2D eigenvalue weighted by atomic mass is 10.00. The van der Waals surface area contributed by atoms with Crippen molar-refractivity contribution in [3.8, 4) is 0 Å². The van der Waals surface area contributed by atoms with Crippen molar-refractivity contribution in [2.24, 2.45) is 0 Å². The molecule has 1 N–H and O–H groups in total. The first-order chi connectivity index (χ1) is 9.67. The molecule has 0 aliphatic carbocycles. The first kappa shape index (κ1) is 16.5. The third kappa shape index (κ3) is 3.85. The first-order valence-electron chi connectivity index (χ1n) is 7.00. The number of benzene rings is 1.